The standard InChI is InChI=1S/C43H69BrO5Si/c1-31(2)16-13-17-32(3)28-37(49-40(46)35-20-22-36(44)23-21-35)29-33(4)18-14-25-42(9)39(19-15-27-48-50(11,12)41(6,7)8)38(34(5)30-45)24-26-43(42,10)47/h16,18,20-23,28,37,39,45,47H,13-15,17,19,24-27,29-30H2,1-12H3/b32-28+,33-18+,38-34-/t37-,39+,42-,43-/m0/s1. The van der Waals surface area contributed by atoms with E-state index in [1.165, 1.54) is 16.7 Å². The smallest absolute Gasteiger partial charge is 0.338 e. The van der Waals surface area contributed by atoms with Gasteiger partial charge in [-0.2, -0.15) is 0 Å². The molecule has 2 rings (SSSR count). The number of halogens is 1. The molecule has 1 aromatic rings. The van der Waals surface area contributed by atoms with E-state index in [4.69, 9.17) is 9.16 Å². The molecule has 0 amide bonds. The van der Waals surface area contributed by atoms with Crippen LogP contribution in [0, 0.1) is 11.3 Å². The van der Waals surface area contributed by atoms with Gasteiger partial charge < -0.3 is 19.4 Å². The molecule has 0 radical (unpaired) electrons. The van der Waals surface area contributed by atoms with Crippen LogP contribution in [0.15, 0.2) is 74.8 Å². The fraction of sp³-hybridized carbons (Fsp3) is 0.651. The van der Waals surface area contributed by atoms with Gasteiger partial charge in [0, 0.05) is 22.9 Å². The largest absolute Gasteiger partial charge is 0.454 e. The van der Waals surface area contributed by atoms with Crippen LogP contribution in [0.5, 0.6) is 0 Å². The molecular formula is C43H69BrO5Si. The lowest BCUT2D eigenvalue weighted by atomic mass is 9.54. The first-order chi connectivity index (χ1) is 23.1. The van der Waals surface area contributed by atoms with E-state index in [1.807, 2.05) is 26.0 Å². The van der Waals surface area contributed by atoms with Gasteiger partial charge in [-0.1, -0.05) is 78.1 Å². The van der Waals surface area contributed by atoms with Gasteiger partial charge in [0.15, 0.2) is 8.32 Å². The normalized spacial score (nSPS) is 23.8. The molecule has 50 heavy (non-hydrogen) atoms. The molecule has 1 aromatic carbocycles. The lowest BCUT2D eigenvalue weighted by Gasteiger charge is -2.54. The summed E-state index contributed by atoms with van der Waals surface area (Å²) in [6.45, 7) is 26.9. The number of aliphatic hydroxyl groups is 2. The minimum absolute atomic E-state index is 0.0468. The first-order valence-corrected chi connectivity index (χ1v) is 22.4. The Hall–Kier alpha value is -1.77. The molecule has 7 heteroatoms. The molecule has 4 atom stereocenters. The number of ether oxygens (including phenoxy) is 1. The maximum absolute atomic E-state index is 13.2. The van der Waals surface area contributed by atoms with Gasteiger partial charge in [0.2, 0.25) is 0 Å². The Morgan fingerprint density at radius 3 is 2.26 bits per heavy atom. The third-order valence-electron chi connectivity index (χ3n) is 11.6. The summed E-state index contributed by atoms with van der Waals surface area (Å²) in [7, 11) is -1.85. The van der Waals surface area contributed by atoms with Gasteiger partial charge in [-0.05, 0) is 153 Å². The monoisotopic (exact) mass is 772 g/mol. The van der Waals surface area contributed by atoms with Crippen LogP contribution in [0.2, 0.25) is 18.1 Å². The number of allylic oxidation sites excluding steroid dienone is 5. The summed E-state index contributed by atoms with van der Waals surface area (Å²) in [6, 6.07) is 7.28. The van der Waals surface area contributed by atoms with Crippen LogP contribution >= 0.6 is 15.9 Å². The summed E-state index contributed by atoms with van der Waals surface area (Å²) >= 11 is 3.45. The molecule has 1 aliphatic rings. The van der Waals surface area contributed by atoms with Crippen molar-refractivity contribution in [1.82, 2.24) is 0 Å². The molecule has 0 bridgehead atoms. The lowest BCUT2D eigenvalue weighted by molar-refractivity contribution is -0.113. The zero-order chi connectivity index (χ0) is 37.9. The van der Waals surface area contributed by atoms with Crippen LogP contribution in [-0.4, -0.2) is 49.4 Å². The van der Waals surface area contributed by atoms with Gasteiger partial charge in [-0.25, -0.2) is 4.79 Å². The second-order valence-electron chi connectivity index (χ2n) is 17.0. The van der Waals surface area contributed by atoms with Crippen molar-refractivity contribution in [3.8, 4) is 0 Å². The topological polar surface area (TPSA) is 76.0 Å². The van der Waals surface area contributed by atoms with Crippen molar-refractivity contribution in [2.75, 3.05) is 13.2 Å². The molecule has 2 N–H and O–H groups in total. The summed E-state index contributed by atoms with van der Waals surface area (Å²) in [5.74, 6) is -0.172. The van der Waals surface area contributed by atoms with E-state index in [0.717, 1.165) is 67.2 Å². The third-order valence-corrected chi connectivity index (χ3v) is 16.6. The first kappa shape index (κ1) is 44.4. The molecule has 1 saturated carbocycles. The Bertz CT molecular complexity index is 1370. The predicted molar refractivity (Wildman–Crippen MR) is 217 cm³/mol. The number of aliphatic hydroxyl groups excluding tert-OH is 1. The fourth-order valence-electron chi connectivity index (χ4n) is 6.91. The van der Waals surface area contributed by atoms with E-state index < -0.39 is 13.9 Å². The zero-order valence-corrected chi connectivity index (χ0v) is 36.1. The number of hydrogen-bond acceptors (Lipinski definition) is 5. The summed E-state index contributed by atoms with van der Waals surface area (Å²) in [5, 5.41) is 22.3. The van der Waals surface area contributed by atoms with E-state index >= 15 is 0 Å². The number of esters is 1. The van der Waals surface area contributed by atoms with Crippen LogP contribution in [-0.2, 0) is 9.16 Å². The van der Waals surface area contributed by atoms with Crippen LogP contribution in [0.1, 0.15) is 137 Å². The summed E-state index contributed by atoms with van der Waals surface area (Å²) in [4.78, 5) is 13.2. The molecule has 0 aliphatic heterocycles. The van der Waals surface area contributed by atoms with Crippen molar-refractivity contribution in [2.24, 2.45) is 11.3 Å². The molecular weight excluding hydrogens is 704 g/mol. The maximum atomic E-state index is 13.2. The van der Waals surface area contributed by atoms with Crippen molar-refractivity contribution in [3.05, 3.63) is 80.4 Å². The van der Waals surface area contributed by atoms with Gasteiger partial charge in [0.25, 0.3) is 0 Å². The van der Waals surface area contributed by atoms with E-state index in [0.29, 0.717) is 18.4 Å². The van der Waals surface area contributed by atoms with E-state index in [1.54, 1.807) is 12.1 Å². The van der Waals surface area contributed by atoms with Crippen molar-refractivity contribution >= 4 is 30.2 Å². The van der Waals surface area contributed by atoms with E-state index in [9.17, 15) is 15.0 Å². The number of rotatable bonds is 17. The van der Waals surface area contributed by atoms with Crippen molar-refractivity contribution in [2.45, 2.75) is 157 Å². The van der Waals surface area contributed by atoms with Gasteiger partial charge in [0.05, 0.1) is 17.8 Å². The summed E-state index contributed by atoms with van der Waals surface area (Å²) in [5.41, 5.74) is 5.33. The quantitative estimate of drug-likeness (QED) is 0.0714. The first-order valence-electron chi connectivity index (χ1n) is 18.7. The molecule has 0 spiro atoms. The van der Waals surface area contributed by atoms with E-state index in [-0.39, 0.29) is 35.1 Å². The van der Waals surface area contributed by atoms with Crippen LogP contribution < -0.4 is 0 Å². The fourth-order valence-corrected chi connectivity index (χ4v) is 8.26. The molecule has 1 aliphatic carbocycles. The SMILES string of the molecule is CC(C)=CCC/C(C)=C/[C@@H](C/C(C)=C/CC[C@@]1(C)[C@H](CCCO[Si](C)(C)C(C)(C)C)/C(=C(/C)CO)CC[C@]1(C)O)OC(=O)c1ccc(Br)cc1. The minimum Gasteiger partial charge on any atom is -0.454 e. The van der Waals surface area contributed by atoms with Crippen molar-refractivity contribution in [3.63, 3.8) is 0 Å². The Morgan fingerprint density at radius 2 is 1.68 bits per heavy atom. The molecule has 5 nitrogen and oxygen atoms in total. The predicted octanol–water partition coefficient (Wildman–Crippen LogP) is 12.1. The Balaban J connectivity index is 2.28. The van der Waals surface area contributed by atoms with Crippen LogP contribution in [0.25, 0.3) is 0 Å². The molecule has 282 valence electrons. The highest BCUT2D eigenvalue weighted by atomic mass is 79.9. The molecule has 0 unspecified atom stereocenters. The van der Waals surface area contributed by atoms with Gasteiger partial charge in [-0.3, -0.25) is 0 Å². The highest BCUT2D eigenvalue weighted by molar-refractivity contribution is 9.10. The number of hydrogen-bond donors (Lipinski definition) is 2. The molecule has 0 heterocycles. The second-order valence-corrected chi connectivity index (χ2v) is 22.8. The number of carbonyl (C=O) groups excluding carboxylic acids is 1. The number of benzene rings is 1. The Kier molecular flexibility index (Phi) is 17.2. The number of carbonyl (C=O) groups is 1. The van der Waals surface area contributed by atoms with Crippen molar-refractivity contribution in [1.29, 1.82) is 0 Å². The minimum atomic E-state index is -1.85. The maximum Gasteiger partial charge on any atom is 0.338 e. The van der Waals surface area contributed by atoms with Gasteiger partial charge in [0.1, 0.15) is 6.10 Å². The molecule has 0 aromatic heterocycles. The zero-order valence-electron chi connectivity index (χ0n) is 33.5. The van der Waals surface area contributed by atoms with Gasteiger partial charge in [-0.15, -0.1) is 0 Å². The highest BCUT2D eigenvalue weighted by Gasteiger charge is 2.52. The highest BCUT2D eigenvalue weighted by Crippen LogP contribution is 2.55. The van der Waals surface area contributed by atoms with Crippen LogP contribution in [0.4, 0.5) is 0 Å². The Morgan fingerprint density at radius 1 is 1.04 bits per heavy atom. The van der Waals surface area contributed by atoms with E-state index in [2.05, 4.69) is 103 Å². The lowest BCUT2D eigenvalue weighted by Crippen LogP contribution is -2.52. The second kappa shape index (κ2) is 19.3. The summed E-state index contributed by atoms with van der Waals surface area (Å²) in [6.07, 6.45) is 13.7. The average Bonchev–Trinajstić information content (AvgIpc) is 3.00. The Labute approximate surface area is 315 Å². The third kappa shape index (κ3) is 13.0. The van der Waals surface area contributed by atoms with Crippen LogP contribution in [0.3, 0.4) is 0 Å². The van der Waals surface area contributed by atoms with Crippen molar-refractivity contribution < 1.29 is 24.2 Å². The summed E-state index contributed by atoms with van der Waals surface area (Å²) < 4.78 is 13.6. The van der Waals surface area contributed by atoms with Gasteiger partial charge >= 0.3 is 5.97 Å². The molecule has 1 fully saturated rings. The average molecular weight is 774 g/mol. The molecule has 0 saturated heterocycles.